The third-order valence-electron chi connectivity index (χ3n) is 12.7. The zero-order valence-corrected chi connectivity index (χ0v) is 38.1. The van der Waals surface area contributed by atoms with Crippen molar-refractivity contribution in [3.8, 4) is 5.88 Å². The highest BCUT2D eigenvalue weighted by Crippen LogP contribution is 2.44. The second-order valence-corrected chi connectivity index (χ2v) is 19.9. The maximum Gasteiger partial charge on any atom is 0.293 e. The van der Waals surface area contributed by atoms with Crippen LogP contribution in [0.4, 0.5) is 28.4 Å². The van der Waals surface area contributed by atoms with Gasteiger partial charge in [-0.2, -0.15) is 4.98 Å². The van der Waals surface area contributed by atoms with Gasteiger partial charge in [0.05, 0.1) is 53.6 Å². The number of ether oxygens (including phenoxy) is 3. The minimum absolute atomic E-state index is 0.0991. The highest BCUT2D eigenvalue weighted by Gasteiger charge is 2.32. The number of hydrogen-bond donors (Lipinski definition) is 3. The van der Waals surface area contributed by atoms with Crippen LogP contribution in [0, 0.1) is 15.5 Å². The number of amides is 1. The highest BCUT2D eigenvalue weighted by atomic mass is 35.5. The van der Waals surface area contributed by atoms with Gasteiger partial charge in [0.2, 0.25) is 5.88 Å². The molecule has 0 unspecified atom stereocenters. The van der Waals surface area contributed by atoms with Gasteiger partial charge < -0.3 is 34.3 Å². The molecule has 4 aliphatic rings. The maximum atomic E-state index is 14.4. The molecule has 1 aliphatic carbocycles. The zero-order valence-electron chi connectivity index (χ0n) is 36.5. The lowest BCUT2D eigenvalue weighted by molar-refractivity contribution is -0.384. The van der Waals surface area contributed by atoms with Gasteiger partial charge in [-0.05, 0) is 96.8 Å². The number of nitro benzene ring substituents is 1. The molecule has 2 fully saturated rings. The topological polar surface area (TPSA) is 185 Å². The molecule has 1 atom stereocenters. The second kappa shape index (κ2) is 18.6. The maximum absolute atomic E-state index is 14.4. The Bertz CT molecular complexity index is 2730. The van der Waals surface area contributed by atoms with E-state index in [1.165, 1.54) is 28.8 Å². The molecule has 2 aromatic heterocycles. The summed E-state index contributed by atoms with van der Waals surface area (Å²) in [5, 5.41) is 16.7. The number of benzene rings is 3. The lowest BCUT2D eigenvalue weighted by Crippen LogP contribution is -2.47. The number of anilines is 4. The summed E-state index contributed by atoms with van der Waals surface area (Å²) in [5.41, 5.74) is 6.73. The average molecular weight is 926 g/mol. The molecule has 5 aromatic rings. The van der Waals surface area contributed by atoms with Crippen LogP contribution in [0.15, 0.2) is 89.5 Å². The number of hydrogen-bond acceptors (Lipinski definition) is 13. The van der Waals surface area contributed by atoms with Crippen LogP contribution in [0.2, 0.25) is 5.02 Å². The largest absolute Gasteiger partial charge is 0.476 e. The van der Waals surface area contributed by atoms with Crippen molar-refractivity contribution >= 4 is 72.6 Å². The Morgan fingerprint density at radius 2 is 1.80 bits per heavy atom. The Kier molecular flexibility index (Phi) is 12.8. The van der Waals surface area contributed by atoms with Crippen molar-refractivity contribution in [1.29, 1.82) is 0 Å². The van der Waals surface area contributed by atoms with E-state index < -0.39 is 31.4 Å². The fraction of sp³-hybridized carbons (Fsp3) is 0.404. The molecule has 3 aromatic carbocycles. The van der Waals surface area contributed by atoms with Gasteiger partial charge in [-0.1, -0.05) is 43.2 Å². The number of halogens is 1. The Morgan fingerprint density at radius 3 is 2.57 bits per heavy atom. The molecule has 2 saturated heterocycles. The lowest BCUT2D eigenvalue weighted by atomic mass is 9.73. The molecule has 0 spiro atoms. The van der Waals surface area contributed by atoms with Crippen molar-refractivity contribution < 1.29 is 32.3 Å². The number of carbonyl (C=O) groups excluding carboxylic acids is 1. The van der Waals surface area contributed by atoms with E-state index in [0.29, 0.717) is 62.3 Å². The minimum Gasteiger partial charge on any atom is -0.476 e. The first-order valence-electron chi connectivity index (χ1n) is 22.1. The number of sulfonamides is 1. The fourth-order valence-electron chi connectivity index (χ4n) is 9.24. The van der Waals surface area contributed by atoms with Gasteiger partial charge in [0, 0.05) is 74.2 Å². The van der Waals surface area contributed by atoms with E-state index in [1.54, 1.807) is 12.3 Å². The lowest BCUT2D eigenvalue weighted by Gasteiger charge is -2.40. The summed E-state index contributed by atoms with van der Waals surface area (Å²) in [7, 11) is -4.59. The van der Waals surface area contributed by atoms with Gasteiger partial charge in [0.15, 0.2) is 0 Å². The molecular weight excluding hydrogens is 872 g/mol. The summed E-state index contributed by atoms with van der Waals surface area (Å²) in [6.45, 7) is 11.0. The normalized spacial score (nSPS) is 19.3. The number of nitrogens with zero attached hydrogens (tertiary/aromatic N) is 5. The number of carbonyl (C=O) groups is 1. The number of H-pyrrole nitrogens is 1. The molecule has 5 heterocycles. The van der Waals surface area contributed by atoms with E-state index in [4.69, 9.17) is 30.8 Å². The Morgan fingerprint density at radius 1 is 0.985 bits per heavy atom. The van der Waals surface area contributed by atoms with E-state index in [2.05, 4.69) is 50.8 Å². The summed E-state index contributed by atoms with van der Waals surface area (Å²) in [5.74, 6) is -0.504. The number of nitrogens with one attached hydrogen (secondary N) is 3. The van der Waals surface area contributed by atoms with Gasteiger partial charge in [-0.15, -0.1) is 0 Å². The molecule has 342 valence electrons. The van der Waals surface area contributed by atoms with Crippen molar-refractivity contribution in [2.24, 2.45) is 5.41 Å². The van der Waals surface area contributed by atoms with Crippen LogP contribution in [0.5, 0.6) is 5.88 Å². The van der Waals surface area contributed by atoms with E-state index in [-0.39, 0.29) is 29.3 Å². The number of nitro groups is 1. The van der Waals surface area contributed by atoms with Gasteiger partial charge >= 0.3 is 0 Å². The van der Waals surface area contributed by atoms with Crippen LogP contribution in [0.3, 0.4) is 0 Å². The molecule has 0 radical (unpaired) electrons. The molecule has 0 bridgehead atoms. The number of aromatic amines is 1. The smallest absolute Gasteiger partial charge is 0.293 e. The molecule has 1 amide bonds. The number of pyridine rings is 1. The molecule has 9 rings (SSSR count). The first-order valence-corrected chi connectivity index (χ1v) is 23.9. The quantitative estimate of drug-likeness (QED) is 0.0815. The van der Waals surface area contributed by atoms with Crippen LogP contribution < -0.4 is 24.6 Å². The van der Waals surface area contributed by atoms with Gasteiger partial charge in [0.25, 0.3) is 21.6 Å². The fourth-order valence-corrected chi connectivity index (χ4v) is 10.4. The number of allylic oxidation sites excluding steroid dienone is 1. The first-order chi connectivity index (χ1) is 31.3. The monoisotopic (exact) mass is 924 g/mol. The van der Waals surface area contributed by atoms with Crippen LogP contribution in [-0.4, -0.2) is 112 Å². The van der Waals surface area contributed by atoms with Gasteiger partial charge in [0.1, 0.15) is 17.0 Å². The van der Waals surface area contributed by atoms with Crippen LogP contribution >= 0.6 is 11.6 Å². The number of rotatable bonds is 12. The SMILES string of the molecule is CC1(C)CCC(c2ccc(Cl)cc2)=C(CN2CCN(c3ccc(C(=O)NS(=O)(=O)c4ccc(NC[C@H]5COCCO5)c([N+](=O)[O-])c4)c(N4CCCOc5nc6[nH]ccc6cc54)c3)CC2)C1. The summed E-state index contributed by atoms with van der Waals surface area (Å²) < 4.78 is 47.2. The highest BCUT2D eigenvalue weighted by molar-refractivity contribution is 7.90. The Labute approximate surface area is 383 Å². The van der Waals surface area contributed by atoms with Crippen molar-refractivity contribution in [3.05, 3.63) is 111 Å². The second-order valence-electron chi connectivity index (χ2n) is 17.8. The molecule has 18 heteroatoms. The van der Waals surface area contributed by atoms with Gasteiger partial charge in [-0.3, -0.25) is 19.8 Å². The third-order valence-corrected chi connectivity index (χ3v) is 14.3. The average Bonchev–Trinajstić information content (AvgIpc) is 3.66. The van der Waals surface area contributed by atoms with Crippen LogP contribution in [-0.2, 0) is 19.5 Å². The van der Waals surface area contributed by atoms with E-state index in [9.17, 15) is 23.3 Å². The van der Waals surface area contributed by atoms with E-state index in [0.717, 1.165) is 74.1 Å². The van der Waals surface area contributed by atoms with Crippen molar-refractivity contribution in [1.82, 2.24) is 19.6 Å². The molecule has 16 nitrogen and oxygen atoms in total. The molecule has 65 heavy (non-hydrogen) atoms. The first kappa shape index (κ1) is 44.5. The molecule has 3 N–H and O–H groups in total. The molecule has 3 aliphatic heterocycles. The Hall–Kier alpha value is -5.72. The minimum atomic E-state index is -4.59. The summed E-state index contributed by atoms with van der Waals surface area (Å²) in [6.07, 6.45) is 5.26. The third kappa shape index (κ3) is 9.94. The predicted molar refractivity (Wildman–Crippen MR) is 251 cm³/mol. The van der Waals surface area contributed by atoms with E-state index in [1.807, 2.05) is 41.3 Å². The summed E-state index contributed by atoms with van der Waals surface area (Å²) in [6, 6.07) is 21.0. The van der Waals surface area contributed by atoms with Crippen LogP contribution in [0.25, 0.3) is 16.6 Å². The Balaban J connectivity index is 0.988. The molecular formula is C47H53ClN8O8S. The van der Waals surface area contributed by atoms with Crippen molar-refractivity contribution in [2.75, 3.05) is 87.4 Å². The number of piperazine rings is 1. The van der Waals surface area contributed by atoms with Crippen molar-refractivity contribution in [2.45, 2.75) is 50.5 Å². The predicted octanol–water partition coefficient (Wildman–Crippen LogP) is 7.78. The molecule has 0 saturated carbocycles. The zero-order chi connectivity index (χ0) is 45.3. The standard InChI is InChI=1S/C47H53ClN8O8S/c1-47(2)14-12-38(31-4-6-34(48)7-5-31)33(27-47)29-53-17-19-54(20-18-53)35-8-10-39(41(25-35)55-16-3-21-64-46-43(55)24-32-13-15-49-44(32)51-46)45(57)52-65(60,61)37-9-11-40(42(26-37)56(58)59)50-28-36-30-62-22-23-63-36/h4-11,13,15,24-26,36,50H,3,12,14,16-23,27-30H2,1-2H3,(H,49,51)(H,52,57)/t36-/m0/s1. The van der Waals surface area contributed by atoms with Gasteiger partial charge in [-0.25, -0.2) is 13.1 Å². The van der Waals surface area contributed by atoms with E-state index >= 15 is 0 Å². The number of aromatic nitrogens is 2. The van der Waals surface area contributed by atoms with Crippen molar-refractivity contribution in [3.63, 3.8) is 0 Å². The summed E-state index contributed by atoms with van der Waals surface area (Å²) >= 11 is 6.26. The van der Waals surface area contributed by atoms with Crippen LogP contribution in [0.1, 0.15) is 55.5 Å². The summed E-state index contributed by atoms with van der Waals surface area (Å²) in [4.78, 5) is 40.1. The number of fused-ring (bicyclic) bond motifs is 2.